The molecule has 4 bridgehead atoms. The maximum absolute atomic E-state index is 6.56. The zero-order chi connectivity index (χ0) is 19.7. The summed E-state index contributed by atoms with van der Waals surface area (Å²) in [4.78, 5) is 0. The Balaban J connectivity index is 1.64. The minimum atomic E-state index is 0.556. The lowest BCUT2D eigenvalue weighted by molar-refractivity contribution is -0.107. The third-order valence-corrected chi connectivity index (χ3v) is 11.1. The first kappa shape index (κ1) is 20.6. The van der Waals surface area contributed by atoms with Crippen LogP contribution < -0.4 is 0 Å². The van der Waals surface area contributed by atoms with Crippen LogP contribution in [0.2, 0.25) is 11.6 Å². The number of allylic oxidation sites excluding steroid dienone is 2. The Morgan fingerprint density at radius 1 is 0.852 bits per heavy atom. The molecule has 0 N–H and O–H groups in total. The summed E-state index contributed by atoms with van der Waals surface area (Å²) in [5.74, 6) is 8.17. The molecular weight excluding hydrogens is 370 g/mol. The van der Waals surface area contributed by atoms with E-state index >= 15 is 0 Å². The molecular formula is C24H39BCl2. The van der Waals surface area contributed by atoms with Crippen LogP contribution in [-0.2, 0) is 0 Å². The number of hydrogen-bond acceptors (Lipinski definition) is 0. The summed E-state index contributed by atoms with van der Waals surface area (Å²) in [7, 11) is 0. The quantitative estimate of drug-likeness (QED) is 0.325. The molecule has 0 amide bonds. The van der Waals surface area contributed by atoms with Gasteiger partial charge in [0.05, 0.1) is 0 Å². The van der Waals surface area contributed by atoms with Crippen LogP contribution in [0.25, 0.3) is 0 Å². The Labute approximate surface area is 178 Å². The van der Waals surface area contributed by atoms with Gasteiger partial charge in [0, 0.05) is 11.8 Å². The van der Waals surface area contributed by atoms with E-state index in [9.17, 15) is 0 Å². The van der Waals surface area contributed by atoms with Gasteiger partial charge in [0.1, 0.15) is 0 Å². The molecule has 0 aliphatic heterocycles. The smallest absolute Gasteiger partial charge is 0.123 e. The van der Waals surface area contributed by atoms with Crippen molar-refractivity contribution in [2.75, 3.05) is 11.8 Å². The highest BCUT2D eigenvalue weighted by Crippen LogP contribution is 2.70. The van der Waals surface area contributed by atoms with Crippen LogP contribution >= 0.6 is 23.2 Å². The Morgan fingerprint density at radius 2 is 1.30 bits per heavy atom. The molecule has 0 unspecified atom stereocenters. The Morgan fingerprint density at radius 3 is 1.59 bits per heavy atom. The van der Waals surface area contributed by atoms with Crippen molar-refractivity contribution in [2.45, 2.75) is 78.9 Å². The van der Waals surface area contributed by atoms with Crippen LogP contribution in [0.3, 0.4) is 0 Å². The maximum atomic E-state index is 6.56. The van der Waals surface area contributed by atoms with E-state index < -0.39 is 0 Å². The standard InChI is InChI=1S/C24H39BCl2/c1-14-19-9-16(23(19,3)4)11-21(14)25(18(13-27)7-8-26)22-12-17-10-20(15(22)2)24(17,5)6/h7,14-17,19-22H,8-13H2,1-6H3/b18-7+/t14-,15-,16+,17+,19-,20-,21-,22-/m1/s1. The van der Waals surface area contributed by atoms with E-state index in [0.29, 0.717) is 29.3 Å². The van der Waals surface area contributed by atoms with Gasteiger partial charge in [-0.15, -0.1) is 23.2 Å². The van der Waals surface area contributed by atoms with E-state index in [1.54, 1.807) is 0 Å². The van der Waals surface area contributed by atoms with Gasteiger partial charge in [-0.05, 0) is 59.2 Å². The van der Waals surface area contributed by atoms with Crippen LogP contribution in [0.4, 0.5) is 0 Å². The van der Waals surface area contributed by atoms with E-state index in [2.05, 4.69) is 47.6 Å². The van der Waals surface area contributed by atoms with Gasteiger partial charge in [0.25, 0.3) is 0 Å². The molecule has 0 saturated heterocycles. The first-order valence-electron chi connectivity index (χ1n) is 11.4. The maximum Gasteiger partial charge on any atom is 0.178 e. The second-order valence-electron chi connectivity index (χ2n) is 11.8. The molecule has 0 nitrogen and oxygen atoms in total. The van der Waals surface area contributed by atoms with Crippen LogP contribution in [0, 0.1) is 46.3 Å². The predicted octanol–water partition coefficient (Wildman–Crippen LogP) is 7.57. The fourth-order valence-electron chi connectivity index (χ4n) is 8.57. The first-order valence-corrected chi connectivity index (χ1v) is 12.5. The summed E-state index contributed by atoms with van der Waals surface area (Å²) in [6.07, 6.45) is 8.02. The number of halogens is 2. The van der Waals surface area contributed by atoms with Crippen molar-refractivity contribution in [3.05, 3.63) is 11.5 Å². The van der Waals surface area contributed by atoms with Crippen molar-refractivity contribution in [3.8, 4) is 0 Å². The third-order valence-electron chi connectivity index (χ3n) is 10.7. The highest BCUT2D eigenvalue weighted by molar-refractivity contribution is 6.71. The summed E-state index contributed by atoms with van der Waals surface area (Å²) in [5.41, 5.74) is 2.58. The van der Waals surface area contributed by atoms with Gasteiger partial charge in [-0.1, -0.05) is 77.6 Å². The molecule has 0 aromatic rings. The molecule has 152 valence electrons. The summed E-state index contributed by atoms with van der Waals surface area (Å²) >= 11 is 12.8. The first-order chi connectivity index (χ1) is 12.6. The fourth-order valence-corrected chi connectivity index (χ4v) is 9.06. The molecule has 6 aliphatic rings. The Hall–Kier alpha value is 0.385. The molecule has 8 atom stereocenters. The molecule has 6 fully saturated rings. The van der Waals surface area contributed by atoms with Gasteiger partial charge in [-0.25, -0.2) is 0 Å². The molecule has 0 heterocycles. The average molecular weight is 409 g/mol. The number of fused-ring (bicyclic) bond motifs is 4. The predicted molar refractivity (Wildman–Crippen MR) is 121 cm³/mol. The summed E-state index contributed by atoms with van der Waals surface area (Å²) in [5, 5.41) is 0. The lowest BCUT2D eigenvalue weighted by atomic mass is 9.19. The fraction of sp³-hybridized carbons (Fsp3) is 0.917. The molecule has 6 saturated carbocycles. The molecule has 0 radical (unpaired) electrons. The lowest BCUT2D eigenvalue weighted by Gasteiger charge is -2.66. The topological polar surface area (TPSA) is 0 Å². The highest BCUT2D eigenvalue weighted by atomic mass is 35.5. The molecule has 6 aliphatic carbocycles. The summed E-state index contributed by atoms with van der Waals surface area (Å²) in [6, 6.07) is 0. The van der Waals surface area contributed by atoms with E-state index in [1.165, 1.54) is 31.2 Å². The van der Waals surface area contributed by atoms with Gasteiger partial charge < -0.3 is 0 Å². The minimum Gasteiger partial charge on any atom is -0.123 e. The monoisotopic (exact) mass is 408 g/mol. The summed E-state index contributed by atoms with van der Waals surface area (Å²) < 4.78 is 0. The second-order valence-corrected chi connectivity index (χ2v) is 12.4. The average Bonchev–Trinajstić information content (AvgIpc) is 2.62. The summed E-state index contributed by atoms with van der Waals surface area (Å²) in [6.45, 7) is 15.9. The SMILES string of the molecule is C[C@@H]1[C@H]2C[C@@H](C[C@H]1B(/C(=C/CCl)CCl)[C@@H]1C[C@@H]3C[C@H]([C@H]1C)C3(C)C)C2(C)C. The highest BCUT2D eigenvalue weighted by Gasteiger charge is 2.62. The third kappa shape index (κ3) is 2.91. The van der Waals surface area contributed by atoms with Crippen molar-refractivity contribution < 1.29 is 0 Å². The van der Waals surface area contributed by atoms with Crippen molar-refractivity contribution in [3.63, 3.8) is 0 Å². The van der Waals surface area contributed by atoms with Crippen LogP contribution in [-0.4, -0.2) is 18.5 Å². The van der Waals surface area contributed by atoms with Gasteiger partial charge in [-0.3, -0.25) is 0 Å². The number of hydrogen-bond donors (Lipinski definition) is 0. The molecule has 0 aromatic carbocycles. The van der Waals surface area contributed by atoms with Gasteiger partial charge in [0.2, 0.25) is 0 Å². The largest absolute Gasteiger partial charge is 0.178 e. The van der Waals surface area contributed by atoms with Crippen LogP contribution in [0.5, 0.6) is 0 Å². The molecule has 3 heteroatoms. The van der Waals surface area contributed by atoms with Gasteiger partial charge >= 0.3 is 0 Å². The second kappa shape index (κ2) is 6.97. The van der Waals surface area contributed by atoms with Crippen molar-refractivity contribution in [2.24, 2.45) is 46.3 Å². The minimum absolute atomic E-state index is 0.556. The number of rotatable bonds is 5. The van der Waals surface area contributed by atoms with Crippen molar-refractivity contribution in [1.29, 1.82) is 0 Å². The van der Waals surface area contributed by atoms with Crippen molar-refractivity contribution >= 4 is 29.9 Å². The molecule has 0 spiro atoms. The molecule has 27 heavy (non-hydrogen) atoms. The molecule has 6 rings (SSSR count). The van der Waals surface area contributed by atoms with E-state index in [0.717, 1.165) is 47.1 Å². The van der Waals surface area contributed by atoms with Crippen LogP contribution in [0.15, 0.2) is 11.5 Å². The van der Waals surface area contributed by atoms with Gasteiger partial charge in [-0.2, -0.15) is 0 Å². The van der Waals surface area contributed by atoms with E-state index in [-0.39, 0.29) is 0 Å². The lowest BCUT2D eigenvalue weighted by Crippen LogP contribution is -2.60. The zero-order valence-electron chi connectivity index (χ0n) is 18.3. The zero-order valence-corrected chi connectivity index (χ0v) is 19.8. The van der Waals surface area contributed by atoms with Crippen LogP contribution in [0.1, 0.15) is 67.2 Å². The number of alkyl halides is 2. The Bertz CT molecular complexity index is 568. The molecule has 0 aromatic heterocycles. The van der Waals surface area contributed by atoms with Crippen molar-refractivity contribution in [1.82, 2.24) is 0 Å². The normalized spacial score (nSPS) is 47.0. The van der Waals surface area contributed by atoms with Gasteiger partial charge in [0.15, 0.2) is 6.71 Å². The van der Waals surface area contributed by atoms with E-state index in [4.69, 9.17) is 23.2 Å². The van der Waals surface area contributed by atoms with E-state index in [1.807, 2.05) is 0 Å². The Kier molecular flexibility index (Phi) is 5.33.